The van der Waals surface area contributed by atoms with Crippen molar-refractivity contribution in [2.45, 2.75) is 31.2 Å². The van der Waals surface area contributed by atoms with E-state index >= 15 is 0 Å². The Hall–Kier alpha value is -3.04. The van der Waals surface area contributed by atoms with Crippen LogP contribution >= 0.6 is 11.3 Å². The van der Waals surface area contributed by atoms with Crippen molar-refractivity contribution in [3.05, 3.63) is 72.3 Å². The van der Waals surface area contributed by atoms with E-state index in [-0.39, 0.29) is 17.2 Å². The molecule has 2 heterocycles. The van der Waals surface area contributed by atoms with Crippen LogP contribution in [0.3, 0.4) is 0 Å². The molecule has 0 aliphatic carbocycles. The number of anilines is 1. The van der Waals surface area contributed by atoms with Crippen molar-refractivity contribution in [3.8, 4) is 0 Å². The number of aryl methyl sites for hydroxylation is 2. The minimum absolute atomic E-state index is 0.0700. The Morgan fingerprint density at radius 2 is 1.94 bits per heavy atom. The van der Waals surface area contributed by atoms with Gasteiger partial charge in [0.05, 0.1) is 27.9 Å². The average molecular weight is 469 g/mol. The number of fused-ring (bicyclic) bond motifs is 1. The van der Waals surface area contributed by atoms with Gasteiger partial charge in [-0.25, -0.2) is 18.4 Å². The number of aromatic nitrogens is 3. The third-order valence-electron chi connectivity index (χ3n) is 5.21. The van der Waals surface area contributed by atoms with Crippen LogP contribution in [0.4, 0.5) is 5.13 Å². The van der Waals surface area contributed by atoms with E-state index in [0.717, 1.165) is 34.3 Å². The number of rotatable bonds is 8. The minimum Gasteiger partial charge on any atom is -0.337 e. The molecule has 166 valence electrons. The molecule has 0 N–H and O–H groups in total. The van der Waals surface area contributed by atoms with Crippen LogP contribution in [0.5, 0.6) is 0 Å². The van der Waals surface area contributed by atoms with E-state index in [1.165, 1.54) is 17.6 Å². The zero-order valence-corrected chi connectivity index (χ0v) is 19.6. The molecule has 4 rings (SSSR count). The van der Waals surface area contributed by atoms with Gasteiger partial charge in [0.15, 0.2) is 15.0 Å². The van der Waals surface area contributed by atoms with Crippen LogP contribution in [-0.4, -0.2) is 41.7 Å². The Bertz CT molecular complexity index is 1330. The highest BCUT2D eigenvalue weighted by molar-refractivity contribution is 7.90. The zero-order valence-electron chi connectivity index (χ0n) is 17.9. The first-order valence-electron chi connectivity index (χ1n) is 10.2. The number of thiazole rings is 1. The van der Waals surface area contributed by atoms with Gasteiger partial charge in [-0.1, -0.05) is 35.6 Å². The van der Waals surface area contributed by atoms with E-state index in [1.54, 1.807) is 41.7 Å². The normalized spacial score (nSPS) is 11.7. The summed E-state index contributed by atoms with van der Waals surface area (Å²) in [6, 6.07) is 12.5. The first-order valence-corrected chi connectivity index (χ1v) is 12.9. The van der Waals surface area contributed by atoms with Crippen LogP contribution in [0.2, 0.25) is 0 Å². The van der Waals surface area contributed by atoms with Gasteiger partial charge in [0.1, 0.15) is 0 Å². The molecule has 32 heavy (non-hydrogen) atoms. The third kappa shape index (κ3) is 5.05. The second-order valence-corrected chi connectivity index (χ2v) is 10.7. The summed E-state index contributed by atoms with van der Waals surface area (Å²) >= 11 is 1.51. The fraction of sp³-hybridized carbons (Fsp3) is 0.261. The van der Waals surface area contributed by atoms with Gasteiger partial charge in [0.25, 0.3) is 0 Å². The summed E-state index contributed by atoms with van der Waals surface area (Å²) in [6.45, 7) is 3.29. The predicted octanol–water partition coefficient (Wildman–Crippen LogP) is 3.87. The third-order valence-corrected chi connectivity index (χ3v) is 7.38. The molecule has 0 fully saturated rings. The van der Waals surface area contributed by atoms with Gasteiger partial charge >= 0.3 is 0 Å². The van der Waals surface area contributed by atoms with E-state index in [2.05, 4.69) is 4.98 Å². The van der Waals surface area contributed by atoms with Crippen LogP contribution in [0.1, 0.15) is 17.5 Å². The summed E-state index contributed by atoms with van der Waals surface area (Å²) in [5.41, 5.74) is 2.75. The zero-order chi connectivity index (χ0) is 22.7. The second kappa shape index (κ2) is 9.22. The SMILES string of the molecule is Cc1cccc2sc(N(CCCn3ccnc3)C(=O)Cc3ccc(S(C)(=O)=O)cc3)nc12. The molecule has 0 unspecified atom stereocenters. The summed E-state index contributed by atoms with van der Waals surface area (Å²) in [7, 11) is -3.27. The lowest BCUT2D eigenvalue weighted by Crippen LogP contribution is -2.33. The molecule has 0 spiro atoms. The number of hydrogen-bond acceptors (Lipinski definition) is 6. The molecule has 0 bridgehead atoms. The van der Waals surface area contributed by atoms with Gasteiger partial charge in [-0.3, -0.25) is 9.69 Å². The Balaban J connectivity index is 1.56. The van der Waals surface area contributed by atoms with Crippen molar-refractivity contribution in [1.82, 2.24) is 14.5 Å². The number of para-hydroxylation sites is 1. The summed E-state index contributed by atoms with van der Waals surface area (Å²) in [4.78, 5) is 24.1. The minimum atomic E-state index is -3.27. The second-order valence-electron chi connectivity index (χ2n) is 7.71. The van der Waals surface area contributed by atoms with Crippen LogP contribution in [-0.2, 0) is 27.6 Å². The lowest BCUT2D eigenvalue weighted by atomic mass is 10.1. The van der Waals surface area contributed by atoms with Crippen molar-refractivity contribution in [3.63, 3.8) is 0 Å². The van der Waals surface area contributed by atoms with Crippen molar-refractivity contribution in [1.29, 1.82) is 0 Å². The number of sulfone groups is 1. The Morgan fingerprint density at radius 3 is 2.59 bits per heavy atom. The number of nitrogens with zero attached hydrogens (tertiary/aromatic N) is 4. The molecular formula is C23H24N4O3S2. The molecule has 1 amide bonds. The first-order chi connectivity index (χ1) is 15.3. The number of hydrogen-bond donors (Lipinski definition) is 0. The highest BCUT2D eigenvalue weighted by Crippen LogP contribution is 2.31. The predicted molar refractivity (Wildman–Crippen MR) is 127 cm³/mol. The standard InChI is InChI=1S/C23H24N4O3S2/c1-17-5-3-6-20-22(17)25-23(31-20)27(13-4-12-26-14-11-24-16-26)21(28)15-18-7-9-19(10-8-18)32(2,29)30/h3,5-11,14,16H,4,12-13,15H2,1-2H3. The topological polar surface area (TPSA) is 85.2 Å². The maximum Gasteiger partial charge on any atom is 0.233 e. The molecule has 7 nitrogen and oxygen atoms in total. The highest BCUT2D eigenvalue weighted by atomic mass is 32.2. The molecular weight excluding hydrogens is 444 g/mol. The van der Waals surface area contributed by atoms with Crippen LogP contribution in [0, 0.1) is 6.92 Å². The number of imidazole rings is 1. The van der Waals surface area contributed by atoms with Crippen molar-refractivity contribution in [2.24, 2.45) is 0 Å². The summed E-state index contributed by atoms with van der Waals surface area (Å²) in [5.74, 6) is -0.0700. The molecule has 4 aromatic rings. The fourth-order valence-corrected chi connectivity index (χ4v) is 5.19. The number of amides is 1. The maximum atomic E-state index is 13.3. The molecule has 0 atom stereocenters. The molecule has 9 heteroatoms. The summed E-state index contributed by atoms with van der Waals surface area (Å²) in [6.07, 6.45) is 7.49. The smallest absolute Gasteiger partial charge is 0.233 e. The van der Waals surface area contributed by atoms with E-state index in [4.69, 9.17) is 4.98 Å². The Labute approximate surface area is 191 Å². The fourth-order valence-electron chi connectivity index (χ4n) is 3.47. The van der Waals surface area contributed by atoms with Gasteiger partial charge in [-0.2, -0.15) is 0 Å². The highest BCUT2D eigenvalue weighted by Gasteiger charge is 2.20. The lowest BCUT2D eigenvalue weighted by Gasteiger charge is -2.20. The number of carbonyl (C=O) groups excluding carboxylic acids is 1. The summed E-state index contributed by atoms with van der Waals surface area (Å²) < 4.78 is 26.4. The van der Waals surface area contributed by atoms with E-state index in [9.17, 15) is 13.2 Å². The lowest BCUT2D eigenvalue weighted by molar-refractivity contribution is -0.118. The molecule has 0 aliphatic rings. The Morgan fingerprint density at radius 1 is 1.16 bits per heavy atom. The Kier molecular flexibility index (Phi) is 6.38. The van der Waals surface area contributed by atoms with Crippen LogP contribution in [0.15, 0.2) is 66.1 Å². The number of benzene rings is 2. The first kappa shape index (κ1) is 22.2. The van der Waals surface area contributed by atoms with Crippen molar-refractivity contribution in [2.75, 3.05) is 17.7 Å². The van der Waals surface area contributed by atoms with Crippen LogP contribution < -0.4 is 4.90 Å². The van der Waals surface area contributed by atoms with Gasteiger partial charge < -0.3 is 4.57 Å². The van der Waals surface area contributed by atoms with Gasteiger partial charge in [0, 0.05) is 31.7 Å². The van der Waals surface area contributed by atoms with Crippen LogP contribution in [0.25, 0.3) is 10.2 Å². The molecule has 2 aromatic heterocycles. The molecule has 0 aliphatic heterocycles. The van der Waals surface area contributed by atoms with E-state index < -0.39 is 9.84 Å². The van der Waals surface area contributed by atoms with Crippen molar-refractivity contribution < 1.29 is 13.2 Å². The maximum absolute atomic E-state index is 13.3. The quantitative estimate of drug-likeness (QED) is 0.392. The van der Waals surface area contributed by atoms with E-state index in [0.29, 0.717) is 11.7 Å². The monoisotopic (exact) mass is 468 g/mol. The van der Waals surface area contributed by atoms with E-state index in [1.807, 2.05) is 35.9 Å². The largest absolute Gasteiger partial charge is 0.337 e. The molecule has 2 aromatic carbocycles. The number of carbonyl (C=O) groups is 1. The molecule has 0 radical (unpaired) electrons. The van der Waals surface area contributed by atoms with Gasteiger partial charge in [0.2, 0.25) is 5.91 Å². The van der Waals surface area contributed by atoms with Gasteiger partial charge in [-0.05, 0) is 42.7 Å². The summed E-state index contributed by atoms with van der Waals surface area (Å²) in [5, 5.41) is 0.678. The van der Waals surface area contributed by atoms with Crippen molar-refractivity contribution >= 4 is 42.4 Å². The average Bonchev–Trinajstić information content (AvgIpc) is 3.41. The van der Waals surface area contributed by atoms with Gasteiger partial charge in [-0.15, -0.1) is 0 Å². The molecule has 0 saturated carbocycles. The molecule has 0 saturated heterocycles.